The minimum absolute atomic E-state index is 0.585. The van der Waals surface area contributed by atoms with Crippen molar-refractivity contribution in [2.45, 2.75) is 26.2 Å². The van der Waals surface area contributed by atoms with E-state index < -0.39 is 0 Å². The van der Waals surface area contributed by atoms with E-state index in [1.165, 1.54) is 24.0 Å². The zero-order valence-electron chi connectivity index (χ0n) is 9.83. The summed E-state index contributed by atoms with van der Waals surface area (Å²) >= 11 is 6.34. The lowest BCUT2D eigenvalue weighted by Crippen LogP contribution is -2.04. The number of aromatic amines is 1. The first kappa shape index (κ1) is 10.8. The van der Waals surface area contributed by atoms with Crippen molar-refractivity contribution in [2.24, 2.45) is 5.92 Å². The summed E-state index contributed by atoms with van der Waals surface area (Å²) in [4.78, 5) is 7.45. The van der Waals surface area contributed by atoms with Gasteiger partial charge in [-0.2, -0.15) is 0 Å². The number of hydrogen-bond donors (Lipinski definition) is 1. The lowest BCUT2D eigenvalue weighted by molar-refractivity contribution is 0.602. The SMILES string of the molecule is C[C@H]1CCCC=C1c1c(Cl)cnc2[nH]ccc12. The van der Waals surface area contributed by atoms with Crippen molar-refractivity contribution < 1.29 is 0 Å². The van der Waals surface area contributed by atoms with E-state index in [4.69, 9.17) is 11.6 Å². The van der Waals surface area contributed by atoms with Gasteiger partial charge >= 0.3 is 0 Å². The molecule has 2 heterocycles. The van der Waals surface area contributed by atoms with Gasteiger partial charge in [-0.1, -0.05) is 24.6 Å². The molecule has 1 atom stereocenters. The summed E-state index contributed by atoms with van der Waals surface area (Å²) in [5.74, 6) is 0.585. The summed E-state index contributed by atoms with van der Waals surface area (Å²) in [5.41, 5.74) is 3.47. The number of pyridine rings is 1. The van der Waals surface area contributed by atoms with Gasteiger partial charge in [-0.3, -0.25) is 0 Å². The van der Waals surface area contributed by atoms with Crippen LogP contribution in [0.1, 0.15) is 31.7 Å². The van der Waals surface area contributed by atoms with E-state index >= 15 is 0 Å². The number of nitrogens with one attached hydrogen (secondary N) is 1. The number of halogens is 1. The summed E-state index contributed by atoms with van der Waals surface area (Å²) in [6.45, 7) is 2.28. The average molecular weight is 247 g/mol. The molecule has 1 aliphatic rings. The van der Waals surface area contributed by atoms with Gasteiger partial charge in [0.15, 0.2) is 0 Å². The standard InChI is InChI=1S/C14H15ClN2/c1-9-4-2-3-5-10(9)13-11-6-7-16-14(11)17-8-12(13)15/h5-9H,2-4H2,1H3,(H,16,17)/t9-/m0/s1. The van der Waals surface area contributed by atoms with E-state index in [2.05, 4.69) is 29.0 Å². The van der Waals surface area contributed by atoms with Crippen LogP contribution in [0.5, 0.6) is 0 Å². The van der Waals surface area contributed by atoms with Crippen LogP contribution in [0.4, 0.5) is 0 Å². The van der Waals surface area contributed by atoms with E-state index in [9.17, 15) is 0 Å². The molecule has 17 heavy (non-hydrogen) atoms. The molecule has 0 bridgehead atoms. The Bertz CT molecular complexity index is 583. The van der Waals surface area contributed by atoms with E-state index in [1.807, 2.05) is 6.20 Å². The molecule has 1 aliphatic carbocycles. The normalized spacial score (nSPS) is 20.6. The highest BCUT2D eigenvalue weighted by Crippen LogP contribution is 2.38. The Labute approximate surface area is 106 Å². The number of H-pyrrole nitrogens is 1. The number of aromatic nitrogens is 2. The Hall–Kier alpha value is -1.28. The number of allylic oxidation sites excluding steroid dienone is 2. The van der Waals surface area contributed by atoms with Crippen LogP contribution in [0.2, 0.25) is 5.02 Å². The van der Waals surface area contributed by atoms with Crippen LogP contribution >= 0.6 is 11.6 Å². The smallest absolute Gasteiger partial charge is 0.137 e. The van der Waals surface area contributed by atoms with Gasteiger partial charge < -0.3 is 4.98 Å². The number of fused-ring (bicyclic) bond motifs is 1. The third-order valence-corrected chi connectivity index (χ3v) is 3.85. The minimum atomic E-state index is 0.585. The maximum absolute atomic E-state index is 6.34. The van der Waals surface area contributed by atoms with E-state index in [1.54, 1.807) is 6.20 Å². The number of rotatable bonds is 1. The topological polar surface area (TPSA) is 28.7 Å². The van der Waals surface area contributed by atoms with Gasteiger partial charge in [0.25, 0.3) is 0 Å². The van der Waals surface area contributed by atoms with Gasteiger partial charge in [-0.05, 0) is 36.8 Å². The van der Waals surface area contributed by atoms with Gasteiger partial charge in [0, 0.05) is 23.3 Å². The quantitative estimate of drug-likeness (QED) is 0.793. The molecule has 2 aromatic rings. The molecular formula is C14H15ClN2. The molecule has 0 aliphatic heterocycles. The third-order valence-electron chi connectivity index (χ3n) is 3.57. The number of hydrogen-bond acceptors (Lipinski definition) is 1. The fourth-order valence-corrected chi connectivity index (χ4v) is 2.92. The largest absolute Gasteiger partial charge is 0.346 e. The Morgan fingerprint density at radius 3 is 3.18 bits per heavy atom. The first-order valence-corrected chi connectivity index (χ1v) is 6.47. The molecular weight excluding hydrogens is 232 g/mol. The average Bonchev–Trinajstić information content (AvgIpc) is 2.79. The van der Waals surface area contributed by atoms with Crippen LogP contribution in [0.3, 0.4) is 0 Å². The predicted molar refractivity (Wildman–Crippen MR) is 72.1 cm³/mol. The van der Waals surface area contributed by atoms with Gasteiger partial charge in [-0.25, -0.2) is 4.98 Å². The summed E-state index contributed by atoms with van der Waals surface area (Å²) in [6, 6.07) is 2.06. The molecule has 2 nitrogen and oxygen atoms in total. The fourth-order valence-electron chi connectivity index (χ4n) is 2.66. The Balaban J connectivity index is 2.25. The van der Waals surface area contributed by atoms with Crippen LogP contribution in [0.15, 0.2) is 24.5 Å². The van der Waals surface area contributed by atoms with E-state index in [-0.39, 0.29) is 0 Å². The van der Waals surface area contributed by atoms with Crippen LogP contribution in [0.25, 0.3) is 16.6 Å². The second-order valence-corrected chi connectivity index (χ2v) is 5.12. The molecule has 0 saturated heterocycles. The minimum Gasteiger partial charge on any atom is -0.346 e. The molecule has 0 saturated carbocycles. The lowest BCUT2D eigenvalue weighted by atomic mass is 9.84. The van der Waals surface area contributed by atoms with Crippen molar-refractivity contribution in [3.63, 3.8) is 0 Å². The molecule has 0 radical (unpaired) electrons. The second kappa shape index (κ2) is 4.19. The zero-order chi connectivity index (χ0) is 11.8. The molecule has 3 rings (SSSR count). The van der Waals surface area contributed by atoms with Crippen molar-refractivity contribution in [1.82, 2.24) is 9.97 Å². The molecule has 3 heteroatoms. The van der Waals surface area contributed by atoms with Crippen molar-refractivity contribution in [2.75, 3.05) is 0 Å². The van der Waals surface area contributed by atoms with Crippen LogP contribution < -0.4 is 0 Å². The lowest BCUT2D eigenvalue weighted by Gasteiger charge is -2.22. The maximum atomic E-state index is 6.34. The molecule has 0 amide bonds. The van der Waals surface area contributed by atoms with Gasteiger partial charge in [0.1, 0.15) is 5.65 Å². The highest BCUT2D eigenvalue weighted by molar-refractivity contribution is 6.33. The summed E-state index contributed by atoms with van der Waals surface area (Å²) in [5, 5.41) is 1.90. The molecule has 88 valence electrons. The third kappa shape index (κ3) is 1.77. The van der Waals surface area contributed by atoms with E-state index in [0.717, 1.165) is 22.5 Å². The molecule has 0 fully saturated rings. The first-order valence-electron chi connectivity index (χ1n) is 6.09. The Morgan fingerprint density at radius 1 is 1.47 bits per heavy atom. The summed E-state index contributed by atoms with van der Waals surface area (Å²) in [7, 11) is 0. The molecule has 2 aromatic heterocycles. The van der Waals surface area contributed by atoms with Gasteiger partial charge in [0.05, 0.1) is 5.02 Å². The highest BCUT2D eigenvalue weighted by Gasteiger charge is 2.19. The van der Waals surface area contributed by atoms with Crippen molar-refractivity contribution in [3.05, 3.63) is 35.1 Å². The van der Waals surface area contributed by atoms with Gasteiger partial charge in [0.2, 0.25) is 0 Å². The summed E-state index contributed by atoms with van der Waals surface area (Å²) in [6.07, 6.45) is 9.69. The van der Waals surface area contributed by atoms with Crippen LogP contribution in [-0.4, -0.2) is 9.97 Å². The summed E-state index contributed by atoms with van der Waals surface area (Å²) < 4.78 is 0. The second-order valence-electron chi connectivity index (χ2n) is 4.71. The highest BCUT2D eigenvalue weighted by atomic mass is 35.5. The van der Waals surface area contributed by atoms with Crippen molar-refractivity contribution in [3.8, 4) is 0 Å². The monoisotopic (exact) mass is 246 g/mol. The number of nitrogens with zero attached hydrogens (tertiary/aromatic N) is 1. The Morgan fingerprint density at radius 2 is 2.35 bits per heavy atom. The van der Waals surface area contributed by atoms with Crippen molar-refractivity contribution in [1.29, 1.82) is 0 Å². The maximum Gasteiger partial charge on any atom is 0.137 e. The Kier molecular flexibility index (Phi) is 2.67. The predicted octanol–water partition coefficient (Wildman–Crippen LogP) is 4.42. The fraction of sp³-hybridized carbons (Fsp3) is 0.357. The molecule has 0 aromatic carbocycles. The first-order chi connectivity index (χ1) is 8.27. The van der Waals surface area contributed by atoms with Crippen molar-refractivity contribution >= 4 is 28.2 Å². The molecule has 0 unspecified atom stereocenters. The van der Waals surface area contributed by atoms with Gasteiger partial charge in [-0.15, -0.1) is 0 Å². The zero-order valence-corrected chi connectivity index (χ0v) is 10.6. The molecule has 0 spiro atoms. The van der Waals surface area contributed by atoms with E-state index in [0.29, 0.717) is 5.92 Å². The molecule has 1 N–H and O–H groups in total. The van der Waals surface area contributed by atoms with Crippen LogP contribution in [-0.2, 0) is 0 Å². The van der Waals surface area contributed by atoms with Crippen LogP contribution in [0, 0.1) is 5.92 Å².